The smallest absolute Gasteiger partial charge is 0.291 e. The molecular weight excluding hydrogens is 420 g/mol. The van der Waals surface area contributed by atoms with Crippen LogP contribution in [0.15, 0.2) is 41.8 Å². The lowest BCUT2D eigenvalue weighted by molar-refractivity contribution is -0.134. The SMILES string of the molecule is CC1CCCC(NC(=O)C2(C)Cn3c(nc4ccccc43)C(=O)N2Cc2cccs2)C1C. The summed E-state index contributed by atoms with van der Waals surface area (Å²) < 4.78 is 1.93. The van der Waals surface area contributed by atoms with Gasteiger partial charge in [0, 0.05) is 10.9 Å². The maximum Gasteiger partial charge on any atom is 0.291 e. The molecule has 1 aliphatic heterocycles. The van der Waals surface area contributed by atoms with E-state index in [9.17, 15) is 9.59 Å². The molecule has 4 atom stereocenters. The van der Waals surface area contributed by atoms with Crippen LogP contribution in [0.25, 0.3) is 11.0 Å². The van der Waals surface area contributed by atoms with Crippen molar-refractivity contribution in [3.63, 3.8) is 0 Å². The summed E-state index contributed by atoms with van der Waals surface area (Å²) in [6.07, 6.45) is 3.32. The first kappa shape index (κ1) is 21.2. The monoisotopic (exact) mass is 450 g/mol. The van der Waals surface area contributed by atoms with Gasteiger partial charge in [-0.15, -0.1) is 11.3 Å². The van der Waals surface area contributed by atoms with Crippen molar-refractivity contribution in [2.45, 2.75) is 64.7 Å². The van der Waals surface area contributed by atoms with Crippen molar-refractivity contribution in [3.05, 3.63) is 52.5 Å². The predicted molar refractivity (Wildman–Crippen MR) is 126 cm³/mol. The molecule has 1 N–H and O–H groups in total. The van der Waals surface area contributed by atoms with E-state index in [0.717, 1.165) is 28.8 Å². The third-order valence-electron chi connectivity index (χ3n) is 7.56. The second-order valence-corrected chi connectivity index (χ2v) is 10.6. The number of rotatable bonds is 4. The minimum Gasteiger partial charge on any atom is -0.351 e. The zero-order valence-electron chi connectivity index (χ0n) is 18.9. The van der Waals surface area contributed by atoms with Gasteiger partial charge in [0.1, 0.15) is 5.54 Å². The standard InChI is InChI=1S/C25H30N4O2S/c1-16-8-6-11-19(17(16)2)27-24(31)25(3)15-28-21-12-5-4-10-20(21)26-22(28)23(30)29(25)14-18-9-7-13-32-18/h4-5,7,9-10,12-13,16-17,19H,6,8,11,14-15H2,1-3H3,(H,27,31). The van der Waals surface area contributed by atoms with E-state index in [1.165, 1.54) is 6.42 Å². The molecule has 7 heteroatoms. The van der Waals surface area contributed by atoms with Crippen molar-refractivity contribution in [2.75, 3.05) is 0 Å². The van der Waals surface area contributed by atoms with E-state index in [1.54, 1.807) is 16.2 Å². The molecule has 2 aromatic heterocycles. The average Bonchev–Trinajstić information content (AvgIpc) is 3.42. The highest BCUT2D eigenvalue weighted by atomic mass is 32.1. The van der Waals surface area contributed by atoms with E-state index in [-0.39, 0.29) is 17.9 Å². The van der Waals surface area contributed by atoms with E-state index < -0.39 is 5.54 Å². The molecule has 1 fully saturated rings. The highest BCUT2D eigenvalue weighted by Crippen LogP contribution is 2.34. The number of carbonyl (C=O) groups excluding carboxylic acids is 2. The zero-order valence-corrected chi connectivity index (χ0v) is 19.7. The van der Waals surface area contributed by atoms with Gasteiger partial charge in [0.15, 0.2) is 5.82 Å². The number of hydrogen-bond acceptors (Lipinski definition) is 4. The number of benzene rings is 1. The van der Waals surface area contributed by atoms with Crippen LogP contribution in [0.1, 0.15) is 55.5 Å². The molecule has 5 rings (SSSR count). The lowest BCUT2D eigenvalue weighted by Gasteiger charge is -2.45. The molecule has 1 aliphatic carbocycles. The maximum absolute atomic E-state index is 13.9. The van der Waals surface area contributed by atoms with Gasteiger partial charge in [0.2, 0.25) is 5.91 Å². The number of para-hydroxylation sites is 2. The number of thiophene rings is 1. The summed E-state index contributed by atoms with van der Waals surface area (Å²) in [7, 11) is 0. The van der Waals surface area contributed by atoms with Crippen LogP contribution in [0.5, 0.6) is 0 Å². The van der Waals surface area contributed by atoms with Crippen molar-refractivity contribution in [1.82, 2.24) is 19.8 Å². The lowest BCUT2D eigenvalue weighted by atomic mass is 9.77. The van der Waals surface area contributed by atoms with Crippen molar-refractivity contribution in [1.29, 1.82) is 0 Å². The van der Waals surface area contributed by atoms with Crippen molar-refractivity contribution >= 4 is 34.2 Å². The lowest BCUT2D eigenvalue weighted by Crippen LogP contribution is -2.65. The van der Waals surface area contributed by atoms with Gasteiger partial charge >= 0.3 is 0 Å². The van der Waals surface area contributed by atoms with Crippen molar-refractivity contribution in [3.8, 4) is 0 Å². The molecule has 0 saturated heterocycles. The fraction of sp³-hybridized carbons (Fsp3) is 0.480. The van der Waals surface area contributed by atoms with Gasteiger partial charge in [-0.3, -0.25) is 9.59 Å². The molecule has 2 amide bonds. The Hall–Kier alpha value is -2.67. The highest BCUT2D eigenvalue weighted by Gasteiger charge is 2.49. The third-order valence-corrected chi connectivity index (χ3v) is 8.42. The number of carbonyl (C=O) groups is 2. The molecule has 1 aromatic carbocycles. The number of imidazole rings is 1. The van der Waals surface area contributed by atoms with Gasteiger partial charge in [0.25, 0.3) is 5.91 Å². The molecule has 6 nitrogen and oxygen atoms in total. The fourth-order valence-corrected chi connectivity index (χ4v) is 5.94. The van der Waals surface area contributed by atoms with Crippen LogP contribution in [0.3, 0.4) is 0 Å². The summed E-state index contributed by atoms with van der Waals surface area (Å²) in [5.74, 6) is 1.15. The van der Waals surface area contributed by atoms with E-state index in [2.05, 4.69) is 24.1 Å². The molecular formula is C25H30N4O2S. The largest absolute Gasteiger partial charge is 0.351 e. The predicted octanol–water partition coefficient (Wildman–Crippen LogP) is 4.45. The Labute approximate surface area is 192 Å². The fourth-order valence-electron chi connectivity index (χ4n) is 5.25. The van der Waals surface area contributed by atoms with E-state index in [0.29, 0.717) is 30.7 Å². The van der Waals surface area contributed by atoms with Crippen molar-refractivity contribution in [2.24, 2.45) is 11.8 Å². The number of nitrogens with one attached hydrogen (secondary N) is 1. The number of amides is 2. The quantitative estimate of drug-likeness (QED) is 0.638. The highest BCUT2D eigenvalue weighted by molar-refractivity contribution is 7.09. The van der Waals surface area contributed by atoms with Crippen molar-refractivity contribution < 1.29 is 9.59 Å². The average molecular weight is 451 g/mol. The van der Waals surface area contributed by atoms with Crippen LogP contribution >= 0.6 is 11.3 Å². The first-order valence-electron chi connectivity index (χ1n) is 11.5. The van der Waals surface area contributed by atoms with Crippen LogP contribution < -0.4 is 5.32 Å². The zero-order chi connectivity index (χ0) is 22.5. The summed E-state index contributed by atoms with van der Waals surface area (Å²) in [5, 5.41) is 5.35. The topological polar surface area (TPSA) is 67.2 Å². The van der Waals surface area contributed by atoms with Crippen LogP contribution in [-0.4, -0.2) is 37.8 Å². The molecule has 0 spiro atoms. The summed E-state index contributed by atoms with van der Waals surface area (Å²) in [6, 6.07) is 11.9. The second-order valence-electron chi connectivity index (χ2n) is 9.60. The maximum atomic E-state index is 13.9. The minimum absolute atomic E-state index is 0.0724. The first-order chi connectivity index (χ1) is 15.4. The molecule has 1 saturated carbocycles. The number of hydrogen-bond donors (Lipinski definition) is 1. The van der Waals surface area contributed by atoms with Crippen LogP contribution in [-0.2, 0) is 17.9 Å². The summed E-state index contributed by atoms with van der Waals surface area (Å²) in [5.41, 5.74) is 0.675. The Morgan fingerprint density at radius 1 is 1.22 bits per heavy atom. The van der Waals surface area contributed by atoms with Gasteiger partial charge in [-0.2, -0.15) is 0 Å². The Morgan fingerprint density at radius 3 is 2.81 bits per heavy atom. The van der Waals surface area contributed by atoms with Crippen LogP contribution in [0.4, 0.5) is 0 Å². The Morgan fingerprint density at radius 2 is 2.03 bits per heavy atom. The second kappa shape index (κ2) is 8.03. The molecule has 2 aliphatic rings. The number of fused-ring (bicyclic) bond motifs is 3. The van der Waals surface area contributed by atoms with Gasteiger partial charge < -0.3 is 14.8 Å². The summed E-state index contributed by atoms with van der Waals surface area (Å²) >= 11 is 1.60. The molecule has 0 radical (unpaired) electrons. The Balaban J connectivity index is 1.53. The van der Waals surface area contributed by atoms with E-state index >= 15 is 0 Å². The molecule has 168 valence electrons. The molecule has 3 heterocycles. The summed E-state index contributed by atoms with van der Waals surface area (Å²) in [4.78, 5) is 35.0. The molecule has 4 unspecified atom stereocenters. The third kappa shape index (κ3) is 3.43. The van der Waals surface area contributed by atoms with Crippen LogP contribution in [0, 0.1) is 11.8 Å². The Bertz CT molecular complexity index is 1150. The number of aromatic nitrogens is 2. The summed E-state index contributed by atoms with van der Waals surface area (Å²) in [6.45, 7) is 7.20. The Kier molecular flexibility index (Phi) is 5.32. The van der Waals surface area contributed by atoms with E-state index in [1.807, 2.05) is 53.3 Å². The normalized spacial score (nSPS) is 28.0. The van der Waals surface area contributed by atoms with Gasteiger partial charge in [0.05, 0.1) is 24.1 Å². The van der Waals surface area contributed by atoms with E-state index in [4.69, 9.17) is 0 Å². The first-order valence-corrected chi connectivity index (χ1v) is 12.4. The van der Waals surface area contributed by atoms with Crippen LogP contribution in [0.2, 0.25) is 0 Å². The van der Waals surface area contributed by atoms with Gasteiger partial charge in [-0.25, -0.2) is 4.98 Å². The van der Waals surface area contributed by atoms with Gasteiger partial charge in [-0.1, -0.05) is 44.9 Å². The molecule has 3 aromatic rings. The minimum atomic E-state index is -1.00. The number of nitrogens with zero attached hydrogens (tertiary/aromatic N) is 3. The molecule has 32 heavy (non-hydrogen) atoms. The van der Waals surface area contributed by atoms with Gasteiger partial charge in [-0.05, 0) is 48.8 Å². The molecule has 0 bridgehead atoms.